The van der Waals surface area contributed by atoms with Crippen molar-refractivity contribution in [3.63, 3.8) is 0 Å². The molecule has 158 valence electrons. The summed E-state index contributed by atoms with van der Waals surface area (Å²) in [7, 11) is 0. The third-order valence-electron chi connectivity index (χ3n) is 6.21. The second-order valence-electron chi connectivity index (χ2n) is 8.29. The minimum atomic E-state index is 0.262. The van der Waals surface area contributed by atoms with E-state index >= 15 is 0 Å². The molecule has 1 unspecified atom stereocenters. The molecule has 0 spiro atoms. The molecule has 1 N–H and O–H groups in total. The number of benzene rings is 1. The zero-order chi connectivity index (χ0) is 20.8. The Kier molecular flexibility index (Phi) is 4.45. The lowest BCUT2D eigenvalue weighted by atomic mass is 10.1. The van der Waals surface area contributed by atoms with Gasteiger partial charge in [-0.1, -0.05) is 12.0 Å². The van der Waals surface area contributed by atoms with Crippen LogP contribution < -0.4 is 4.90 Å². The Hall–Kier alpha value is -3.26. The Morgan fingerprint density at radius 2 is 2.13 bits per heavy atom. The van der Waals surface area contributed by atoms with Crippen molar-refractivity contribution in [2.75, 3.05) is 24.7 Å². The molecule has 1 saturated carbocycles. The third-order valence-corrected chi connectivity index (χ3v) is 6.21. The summed E-state index contributed by atoms with van der Waals surface area (Å²) < 4.78 is 11.7. The van der Waals surface area contributed by atoms with Gasteiger partial charge in [0.2, 0.25) is 5.89 Å². The monoisotopic (exact) mass is 416 g/mol. The highest BCUT2D eigenvalue weighted by atomic mass is 16.5. The molecule has 4 heterocycles. The van der Waals surface area contributed by atoms with Gasteiger partial charge in [-0.2, -0.15) is 0 Å². The van der Waals surface area contributed by atoms with Gasteiger partial charge in [0.05, 0.1) is 36.8 Å². The number of rotatable bonds is 5. The normalized spacial score (nSPS) is 19.3. The molecule has 1 saturated heterocycles. The van der Waals surface area contributed by atoms with E-state index in [9.17, 15) is 0 Å². The van der Waals surface area contributed by atoms with E-state index in [2.05, 4.69) is 38.1 Å². The van der Waals surface area contributed by atoms with Crippen molar-refractivity contribution >= 4 is 16.9 Å². The first-order valence-electron chi connectivity index (χ1n) is 10.9. The maximum Gasteiger partial charge on any atom is 0.318 e. The molecule has 1 aliphatic carbocycles. The standard InChI is InChI=1S/C23H24N6O2/c1-2-16-13-30-8-7-29(16)23-28-27-22(31-23)15-5-6-19-17(9-15)18(10-25-19)21-12-24-11-20(26-21)14-3-4-14/h5-6,9-12,14,16,25H,2-4,7-8,13H2,1H3. The van der Waals surface area contributed by atoms with Gasteiger partial charge >= 0.3 is 6.01 Å². The summed E-state index contributed by atoms with van der Waals surface area (Å²) in [5.41, 5.74) is 4.93. The van der Waals surface area contributed by atoms with Gasteiger partial charge < -0.3 is 19.0 Å². The van der Waals surface area contributed by atoms with Gasteiger partial charge in [0, 0.05) is 46.9 Å². The lowest BCUT2D eigenvalue weighted by Gasteiger charge is -2.33. The van der Waals surface area contributed by atoms with E-state index in [4.69, 9.17) is 14.1 Å². The number of morpholine rings is 1. The van der Waals surface area contributed by atoms with E-state index in [-0.39, 0.29) is 6.04 Å². The molecule has 3 aromatic heterocycles. The Balaban J connectivity index is 1.35. The highest BCUT2D eigenvalue weighted by Gasteiger charge is 2.27. The van der Waals surface area contributed by atoms with E-state index in [0.29, 0.717) is 31.0 Å². The summed E-state index contributed by atoms with van der Waals surface area (Å²) in [5, 5.41) is 9.72. The van der Waals surface area contributed by atoms with Crippen molar-refractivity contribution in [1.82, 2.24) is 25.1 Å². The smallest absolute Gasteiger partial charge is 0.318 e. The van der Waals surface area contributed by atoms with Gasteiger partial charge in [0.25, 0.3) is 0 Å². The van der Waals surface area contributed by atoms with E-state index in [1.807, 2.05) is 30.7 Å². The molecule has 1 atom stereocenters. The summed E-state index contributed by atoms with van der Waals surface area (Å²) >= 11 is 0. The number of aromatic nitrogens is 5. The molecule has 0 radical (unpaired) electrons. The number of hydrogen-bond acceptors (Lipinski definition) is 7. The fourth-order valence-electron chi connectivity index (χ4n) is 4.25. The quantitative estimate of drug-likeness (QED) is 0.522. The summed E-state index contributed by atoms with van der Waals surface area (Å²) in [4.78, 5) is 14.8. The van der Waals surface area contributed by atoms with Gasteiger partial charge in [-0.3, -0.25) is 4.98 Å². The minimum absolute atomic E-state index is 0.262. The van der Waals surface area contributed by atoms with Crippen LogP contribution in [0.2, 0.25) is 0 Å². The second kappa shape index (κ2) is 7.46. The lowest BCUT2D eigenvalue weighted by molar-refractivity contribution is 0.0901. The van der Waals surface area contributed by atoms with Crippen molar-refractivity contribution in [2.45, 2.75) is 38.1 Å². The fraction of sp³-hybridized carbons (Fsp3) is 0.391. The van der Waals surface area contributed by atoms with E-state index in [1.54, 1.807) is 0 Å². The predicted octanol–water partition coefficient (Wildman–Crippen LogP) is 4.17. The minimum Gasteiger partial charge on any atom is -0.403 e. The molecular weight excluding hydrogens is 392 g/mol. The molecule has 0 amide bonds. The SMILES string of the molecule is CCC1COCCN1c1nnc(-c2ccc3[nH]cc(-c4cncc(C5CC5)n4)c3c2)o1. The summed E-state index contributed by atoms with van der Waals surface area (Å²) in [6, 6.07) is 6.95. The Labute approximate surface area is 179 Å². The average molecular weight is 416 g/mol. The molecule has 4 aromatic rings. The topological polar surface area (TPSA) is 93.0 Å². The van der Waals surface area contributed by atoms with Gasteiger partial charge in [0.1, 0.15) is 0 Å². The molecule has 1 aromatic carbocycles. The zero-order valence-electron chi connectivity index (χ0n) is 17.4. The number of anilines is 1. The van der Waals surface area contributed by atoms with Crippen LogP contribution in [0.1, 0.15) is 37.8 Å². The van der Waals surface area contributed by atoms with E-state index in [0.717, 1.165) is 46.4 Å². The first kappa shape index (κ1) is 18.5. The number of fused-ring (bicyclic) bond motifs is 1. The maximum absolute atomic E-state index is 6.08. The molecule has 6 rings (SSSR count). The van der Waals surface area contributed by atoms with Crippen LogP contribution in [-0.4, -0.2) is 50.9 Å². The molecule has 31 heavy (non-hydrogen) atoms. The number of hydrogen-bond donors (Lipinski definition) is 1. The van der Waals surface area contributed by atoms with Crippen molar-refractivity contribution < 1.29 is 9.15 Å². The van der Waals surface area contributed by atoms with Crippen LogP contribution in [0, 0.1) is 0 Å². The highest BCUT2D eigenvalue weighted by Crippen LogP contribution is 2.39. The van der Waals surface area contributed by atoms with Gasteiger partial charge in [-0.05, 0) is 37.5 Å². The summed E-state index contributed by atoms with van der Waals surface area (Å²) in [5.74, 6) is 1.08. The third kappa shape index (κ3) is 3.37. The molecule has 8 heteroatoms. The molecular formula is C23H24N6O2. The van der Waals surface area contributed by atoms with Crippen LogP contribution in [0.25, 0.3) is 33.6 Å². The van der Waals surface area contributed by atoms with Crippen LogP contribution >= 0.6 is 0 Å². The Morgan fingerprint density at radius 1 is 1.19 bits per heavy atom. The first-order chi connectivity index (χ1) is 15.3. The highest BCUT2D eigenvalue weighted by molar-refractivity contribution is 5.96. The lowest BCUT2D eigenvalue weighted by Crippen LogP contribution is -2.45. The molecule has 2 aliphatic rings. The van der Waals surface area contributed by atoms with E-state index < -0.39 is 0 Å². The van der Waals surface area contributed by atoms with Crippen LogP contribution in [0.15, 0.2) is 41.2 Å². The van der Waals surface area contributed by atoms with Crippen molar-refractivity contribution in [3.8, 4) is 22.7 Å². The number of nitrogens with zero attached hydrogens (tertiary/aromatic N) is 5. The molecule has 1 aliphatic heterocycles. The van der Waals surface area contributed by atoms with Gasteiger partial charge in [-0.25, -0.2) is 4.98 Å². The first-order valence-corrected chi connectivity index (χ1v) is 10.9. The molecule has 2 fully saturated rings. The van der Waals surface area contributed by atoms with Gasteiger partial charge in [-0.15, -0.1) is 5.10 Å². The predicted molar refractivity (Wildman–Crippen MR) is 117 cm³/mol. The van der Waals surface area contributed by atoms with Crippen molar-refractivity contribution in [1.29, 1.82) is 0 Å². The second-order valence-corrected chi connectivity index (χ2v) is 8.29. The van der Waals surface area contributed by atoms with Gasteiger partial charge in [0.15, 0.2) is 0 Å². The number of nitrogens with one attached hydrogen (secondary N) is 1. The van der Waals surface area contributed by atoms with Crippen LogP contribution in [0.3, 0.4) is 0 Å². The number of H-pyrrole nitrogens is 1. The summed E-state index contributed by atoms with van der Waals surface area (Å²) in [6.07, 6.45) is 9.09. The van der Waals surface area contributed by atoms with Crippen molar-refractivity contribution in [3.05, 3.63) is 42.5 Å². The number of aromatic amines is 1. The van der Waals surface area contributed by atoms with E-state index in [1.165, 1.54) is 12.8 Å². The van der Waals surface area contributed by atoms with Crippen LogP contribution in [0.5, 0.6) is 0 Å². The Morgan fingerprint density at radius 3 is 3.00 bits per heavy atom. The summed E-state index contributed by atoms with van der Waals surface area (Å²) in [6.45, 7) is 4.27. The fourth-order valence-corrected chi connectivity index (χ4v) is 4.25. The van der Waals surface area contributed by atoms with Crippen molar-refractivity contribution in [2.24, 2.45) is 0 Å². The molecule has 8 nitrogen and oxygen atoms in total. The van der Waals surface area contributed by atoms with Crippen LogP contribution in [0.4, 0.5) is 6.01 Å². The average Bonchev–Trinajstić information content (AvgIpc) is 3.41. The zero-order valence-corrected chi connectivity index (χ0v) is 17.4. The van der Waals surface area contributed by atoms with Crippen LogP contribution in [-0.2, 0) is 4.74 Å². The largest absolute Gasteiger partial charge is 0.403 e. The Bertz CT molecular complexity index is 1230. The number of ether oxygens (including phenoxy) is 1. The molecule has 0 bridgehead atoms. The maximum atomic E-state index is 6.08.